The summed E-state index contributed by atoms with van der Waals surface area (Å²) in [5.41, 5.74) is 0.799. The fraction of sp³-hybridized carbons (Fsp3) is 0.400. The quantitative estimate of drug-likeness (QED) is 0.608. The van der Waals surface area contributed by atoms with Crippen LogP contribution in [-0.4, -0.2) is 42.5 Å². The standard InChI is InChI=1S/C15H19NO5/c17-7-9-20-8-3-6-16-10-13-14(15(18)19)11-4-1-2-5-12(11)21-13/h1-2,4-5,16-17H,3,6-10H2,(H,18,19). The predicted octanol–water partition coefficient (Wildman–Crippen LogP) is 1.62. The third-order valence-corrected chi connectivity index (χ3v) is 3.05. The zero-order valence-corrected chi connectivity index (χ0v) is 11.7. The average Bonchev–Trinajstić information content (AvgIpc) is 2.84. The Morgan fingerprint density at radius 3 is 2.86 bits per heavy atom. The Morgan fingerprint density at radius 1 is 1.29 bits per heavy atom. The maximum Gasteiger partial charge on any atom is 0.339 e. The maximum atomic E-state index is 11.4. The zero-order chi connectivity index (χ0) is 15.1. The van der Waals surface area contributed by atoms with Crippen LogP contribution in [0.2, 0.25) is 0 Å². The average molecular weight is 293 g/mol. The summed E-state index contributed by atoms with van der Waals surface area (Å²) in [6.07, 6.45) is 0.780. The van der Waals surface area contributed by atoms with Crippen molar-refractivity contribution in [2.75, 3.05) is 26.4 Å². The van der Waals surface area contributed by atoms with Gasteiger partial charge in [0.1, 0.15) is 16.9 Å². The van der Waals surface area contributed by atoms with Crippen LogP contribution in [-0.2, 0) is 11.3 Å². The van der Waals surface area contributed by atoms with E-state index in [1.54, 1.807) is 18.2 Å². The molecule has 6 nitrogen and oxygen atoms in total. The van der Waals surface area contributed by atoms with Gasteiger partial charge in [-0.25, -0.2) is 4.79 Å². The zero-order valence-electron chi connectivity index (χ0n) is 11.7. The molecule has 0 bridgehead atoms. The number of aliphatic hydroxyl groups excluding tert-OH is 1. The van der Waals surface area contributed by atoms with Gasteiger partial charge < -0.3 is 24.7 Å². The summed E-state index contributed by atoms with van der Waals surface area (Å²) >= 11 is 0. The molecule has 0 spiro atoms. The van der Waals surface area contributed by atoms with Crippen molar-refractivity contribution < 1.29 is 24.2 Å². The molecule has 0 fully saturated rings. The molecule has 0 aliphatic rings. The second-order valence-corrected chi connectivity index (χ2v) is 4.57. The van der Waals surface area contributed by atoms with Crippen LogP contribution in [0.3, 0.4) is 0 Å². The number of benzene rings is 1. The first-order valence-corrected chi connectivity index (χ1v) is 6.87. The molecule has 21 heavy (non-hydrogen) atoms. The first-order valence-electron chi connectivity index (χ1n) is 6.87. The van der Waals surface area contributed by atoms with Crippen LogP contribution >= 0.6 is 0 Å². The molecule has 0 radical (unpaired) electrons. The SMILES string of the molecule is O=C(O)c1c(CNCCCOCCO)oc2ccccc12. The minimum Gasteiger partial charge on any atom is -0.478 e. The van der Waals surface area contributed by atoms with Gasteiger partial charge in [0.25, 0.3) is 0 Å². The highest BCUT2D eigenvalue weighted by Crippen LogP contribution is 2.25. The Hall–Kier alpha value is -1.89. The van der Waals surface area contributed by atoms with Gasteiger partial charge in [-0.15, -0.1) is 0 Å². The number of ether oxygens (including phenoxy) is 1. The van der Waals surface area contributed by atoms with Crippen LogP contribution < -0.4 is 5.32 Å². The van der Waals surface area contributed by atoms with Gasteiger partial charge in [-0.3, -0.25) is 0 Å². The number of hydrogen-bond donors (Lipinski definition) is 3. The molecule has 1 heterocycles. The van der Waals surface area contributed by atoms with E-state index in [1.807, 2.05) is 6.07 Å². The van der Waals surface area contributed by atoms with Crippen molar-refractivity contribution in [2.45, 2.75) is 13.0 Å². The van der Waals surface area contributed by atoms with Gasteiger partial charge >= 0.3 is 5.97 Å². The third kappa shape index (κ3) is 4.04. The van der Waals surface area contributed by atoms with E-state index in [-0.39, 0.29) is 12.2 Å². The van der Waals surface area contributed by atoms with E-state index in [1.165, 1.54) is 0 Å². The minimum atomic E-state index is -0.983. The lowest BCUT2D eigenvalue weighted by Gasteiger charge is -2.04. The van der Waals surface area contributed by atoms with E-state index in [9.17, 15) is 9.90 Å². The van der Waals surface area contributed by atoms with Gasteiger partial charge in [0.05, 0.1) is 19.8 Å². The number of rotatable bonds is 9. The number of fused-ring (bicyclic) bond motifs is 1. The summed E-state index contributed by atoms with van der Waals surface area (Å²) in [5.74, 6) is -0.553. The number of aromatic carboxylic acids is 1. The lowest BCUT2D eigenvalue weighted by molar-refractivity contribution is 0.0696. The molecule has 0 atom stereocenters. The van der Waals surface area contributed by atoms with E-state index in [2.05, 4.69) is 5.32 Å². The van der Waals surface area contributed by atoms with E-state index < -0.39 is 5.97 Å². The number of hydrogen-bond acceptors (Lipinski definition) is 5. The van der Waals surface area contributed by atoms with Crippen LogP contribution in [0.25, 0.3) is 11.0 Å². The molecule has 0 aliphatic carbocycles. The van der Waals surface area contributed by atoms with Gasteiger partial charge in [-0.1, -0.05) is 18.2 Å². The van der Waals surface area contributed by atoms with Crippen molar-refractivity contribution in [3.63, 3.8) is 0 Å². The van der Waals surface area contributed by atoms with Crippen LogP contribution in [0.5, 0.6) is 0 Å². The van der Waals surface area contributed by atoms with Gasteiger partial charge in [0.2, 0.25) is 0 Å². The van der Waals surface area contributed by atoms with E-state index >= 15 is 0 Å². The third-order valence-electron chi connectivity index (χ3n) is 3.05. The Morgan fingerprint density at radius 2 is 2.10 bits per heavy atom. The van der Waals surface area contributed by atoms with Crippen LogP contribution in [0.1, 0.15) is 22.5 Å². The van der Waals surface area contributed by atoms with E-state index in [4.69, 9.17) is 14.3 Å². The first kappa shape index (κ1) is 15.5. The van der Waals surface area contributed by atoms with Crippen molar-refractivity contribution in [2.24, 2.45) is 0 Å². The molecule has 3 N–H and O–H groups in total. The number of aliphatic hydroxyl groups is 1. The molecule has 1 aromatic heterocycles. The van der Waals surface area contributed by atoms with Crippen molar-refractivity contribution in [3.05, 3.63) is 35.6 Å². The molecule has 2 rings (SSSR count). The smallest absolute Gasteiger partial charge is 0.339 e. The largest absolute Gasteiger partial charge is 0.478 e. The Labute approximate surface area is 122 Å². The highest BCUT2D eigenvalue weighted by molar-refractivity contribution is 6.03. The summed E-state index contributed by atoms with van der Waals surface area (Å²) in [4.78, 5) is 11.4. The monoisotopic (exact) mass is 293 g/mol. The van der Waals surface area contributed by atoms with Crippen molar-refractivity contribution in [1.29, 1.82) is 0 Å². The number of carbonyl (C=O) groups is 1. The minimum absolute atomic E-state index is 0.0222. The normalized spacial score (nSPS) is 11.1. The molecule has 2 aromatic rings. The molecule has 0 amide bonds. The summed E-state index contributed by atoms with van der Waals surface area (Å²) in [6, 6.07) is 7.11. The number of para-hydroxylation sites is 1. The van der Waals surface area contributed by atoms with Gasteiger partial charge in [0, 0.05) is 12.0 Å². The lowest BCUT2D eigenvalue weighted by Crippen LogP contribution is -2.18. The molecule has 0 unspecified atom stereocenters. The second-order valence-electron chi connectivity index (χ2n) is 4.57. The van der Waals surface area contributed by atoms with Crippen molar-refractivity contribution in [3.8, 4) is 0 Å². The molecular formula is C15H19NO5. The molecule has 114 valence electrons. The first-order chi connectivity index (χ1) is 10.2. The molecular weight excluding hydrogens is 274 g/mol. The van der Waals surface area contributed by atoms with E-state index in [0.717, 1.165) is 6.42 Å². The summed E-state index contributed by atoms with van der Waals surface area (Å²) < 4.78 is 10.7. The van der Waals surface area contributed by atoms with Crippen LogP contribution in [0, 0.1) is 0 Å². The molecule has 1 aromatic carbocycles. The maximum absolute atomic E-state index is 11.4. The number of carboxylic acid groups (broad SMARTS) is 1. The van der Waals surface area contributed by atoms with Gasteiger partial charge in [0.15, 0.2) is 0 Å². The Kier molecular flexibility index (Phi) is 5.74. The lowest BCUT2D eigenvalue weighted by atomic mass is 10.1. The molecule has 0 aliphatic heterocycles. The number of nitrogens with one attached hydrogen (secondary N) is 1. The predicted molar refractivity (Wildman–Crippen MR) is 77.4 cm³/mol. The van der Waals surface area contributed by atoms with Crippen LogP contribution in [0.15, 0.2) is 28.7 Å². The Bertz CT molecular complexity index is 593. The molecule has 0 saturated carbocycles. The molecule has 0 saturated heterocycles. The van der Waals surface area contributed by atoms with Crippen molar-refractivity contribution in [1.82, 2.24) is 5.32 Å². The highest BCUT2D eigenvalue weighted by Gasteiger charge is 2.19. The van der Waals surface area contributed by atoms with Gasteiger partial charge in [-0.05, 0) is 19.0 Å². The summed E-state index contributed by atoms with van der Waals surface area (Å²) in [5, 5.41) is 21.6. The highest BCUT2D eigenvalue weighted by atomic mass is 16.5. The van der Waals surface area contributed by atoms with E-state index in [0.29, 0.717) is 43.0 Å². The van der Waals surface area contributed by atoms with Crippen LogP contribution in [0.4, 0.5) is 0 Å². The second kappa shape index (κ2) is 7.78. The number of carboxylic acids is 1. The summed E-state index contributed by atoms with van der Waals surface area (Å²) in [7, 11) is 0. The fourth-order valence-corrected chi connectivity index (χ4v) is 2.12. The topological polar surface area (TPSA) is 91.9 Å². The molecule has 6 heteroatoms. The van der Waals surface area contributed by atoms with Gasteiger partial charge in [-0.2, -0.15) is 0 Å². The number of furan rings is 1. The van der Waals surface area contributed by atoms with Crippen molar-refractivity contribution >= 4 is 16.9 Å². The Balaban J connectivity index is 1.92. The fourth-order valence-electron chi connectivity index (χ4n) is 2.12. The summed E-state index contributed by atoms with van der Waals surface area (Å²) in [6.45, 7) is 1.96.